The molecule has 2 aliphatic rings. The van der Waals surface area contributed by atoms with Gasteiger partial charge in [0.25, 0.3) is 0 Å². The Hall–Kier alpha value is -2.15. The molecule has 3 aromatic rings. The van der Waals surface area contributed by atoms with Crippen molar-refractivity contribution in [2.45, 2.75) is 25.3 Å². The number of hydrogen-bond donors (Lipinski definition) is 0. The van der Waals surface area contributed by atoms with Crippen LogP contribution in [0, 0.1) is 0 Å². The first kappa shape index (κ1) is 18.9. The van der Waals surface area contributed by atoms with Gasteiger partial charge in [-0.3, -0.25) is 4.90 Å². The fourth-order valence-corrected chi connectivity index (χ4v) is 4.59. The quantitative estimate of drug-likeness (QED) is 0.656. The molecule has 4 heterocycles. The number of hydrogen-bond acceptors (Lipinski definition) is 5. The van der Waals surface area contributed by atoms with Gasteiger partial charge in [0.05, 0.1) is 25.1 Å². The minimum atomic E-state index is 0.370. The molecule has 2 fully saturated rings. The maximum atomic E-state index is 6.15. The van der Waals surface area contributed by atoms with Gasteiger partial charge >= 0.3 is 0 Å². The Kier molecular flexibility index (Phi) is 5.40. The fourth-order valence-electron chi connectivity index (χ4n) is 4.37. The molecule has 1 aromatic carbocycles. The van der Waals surface area contributed by atoms with Crippen LogP contribution in [0.2, 0.25) is 5.02 Å². The summed E-state index contributed by atoms with van der Waals surface area (Å²) >= 11 is 6.15. The lowest BCUT2D eigenvalue weighted by Crippen LogP contribution is -2.36. The van der Waals surface area contributed by atoms with Crippen LogP contribution < -0.4 is 4.90 Å². The minimum Gasteiger partial charge on any atom is -0.378 e. The van der Waals surface area contributed by atoms with Crippen molar-refractivity contribution in [1.29, 1.82) is 0 Å². The molecule has 1 unspecified atom stereocenters. The monoisotopic (exact) mass is 411 g/mol. The molecule has 0 bridgehead atoms. The molecule has 2 saturated heterocycles. The predicted octanol–water partition coefficient (Wildman–Crippen LogP) is 3.60. The van der Waals surface area contributed by atoms with Crippen LogP contribution in [0.1, 0.15) is 30.1 Å². The van der Waals surface area contributed by atoms with E-state index in [1.54, 1.807) is 0 Å². The highest BCUT2D eigenvalue weighted by molar-refractivity contribution is 6.30. The summed E-state index contributed by atoms with van der Waals surface area (Å²) in [6, 6.07) is 12.4. The Balaban J connectivity index is 1.31. The molecule has 0 spiro atoms. The van der Waals surface area contributed by atoms with Crippen molar-refractivity contribution < 1.29 is 4.74 Å². The van der Waals surface area contributed by atoms with Crippen LogP contribution >= 0.6 is 11.6 Å². The molecule has 7 heteroatoms. The summed E-state index contributed by atoms with van der Waals surface area (Å²) in [5, 5.41) is 5.65. The van der Waals surface area contributed by atoms with E-state index in [2.05, 4.69) is 40.3 Å². The van der Waals surface area contributed by atoms with Gasteiger partial charge in [0.1, 0.15) is 0 Å². The van der Waals surface area contributed by atoms with Crippen molar-refractivity contribution in [2.24, 2.45) is 0 Å². The van der Waals surface area contributed by atoms with Crippen LogP contribution in [0.4, 0.5) is 5.69 Å². The number of pyridine rings is 1. The third-order valence-corrected chi connectivity index (χ3v) is 6.11. The van der Waals surface area contributed by atoms with Crippen LogP contribution in [0.5, 0.6) is 0 Å². The van der Waals surface area contributed by atoms with Crippen molar-refractivity contribution in [1.82, 2.24) is 19.5 Å². The second-order valence-corrected chi connectivity index (χ2v) is 8.40. The Bertz CT molecular complexity index is 984. The lowest BCUT2D eigenvalue weighted by Gasteiger charge is -2.31. The first-order valence-electron chi connectivity index (χ1n) is 10.4. The second-order valence-electron chi connectivity index (χ2n) is 7.96. The number of anilines is 1. The number of halogens is 1. The number of aromatic nitrogens is 3. The van der Waals surface area contributed by atoms with Gasteiger partial charge in [0.2, 0.25) is 0 Å². The lowest BCUT2D eigenvalue weighted by molar-refractivity contribution is 0.122. The van der Waals surface area contributed by atoms with E-state index in [0.29, 0.717) is 5.92 Å². The molecule has 0 saturated carbocycles. The zero-order valence-electron chi connectivity index (χ0n) is 16.5. The molecule has 6 nitrogen and oxygen atoms in total. The van der Waals surface area contributed by atoms with E-state index in [9.17, 15) is 0 Å². The van der Waals surface area contributed by atoms with Crippen molar-refractivity contribution >= 4 is 22.9 Å². The van der Waals surface area contributed by atoms with Crippen LogP contribution in [0.3, 0.4) is 0 Å². The molecule has 2 aliphatic heterocycles. The van der Waals surface area contributed by atoms with E-state index in [0.717, 1.165) is 68.9 Å². The second kappa shape index (κ2) is 8.30. The Labute approximate surface area is 176 Å². The standard InChI is InChI=1S/C22H26ClN5O/c23-19-5-1-3-17(13-19)14-26-8-2-4-18(15-26)22-24-21-7-6-20(16-28(21)25-22)27-9-11-29-12-10-27/h1,3,5-7,13,16,18H,2,4,8-12,14-15H2. The predicted molar refractivity (Wildman–Crippen MR) is 115 cm³/mol. The van der Waals surface area contributed by atoms with E-state index in [-0.39, 0.29) is 0 Å². The van der Waals surface area contributed by atoms with Crippen molar-refractivity contribution in [3.05, 3.63) is 59.0 Å². The Morgan fingerprint density at radius 3 is 2.86 bits per heavy atom. The molecule has 152 valence electrons. The number of ether oxygens (including phenoxy) is 1. The molecular weight excluding hydrogens is 386 g/mol. The molecule has 1 atom stereocenters. The molecule has 0 amide bonds. The van der Waals surface area contributed by atoms with Gasteiger partial charge in [-0.05, 0) is 49.2 Å². The van der Waals surface area contributed by atoms with Gasteiger partial charge in [-0.25, -0.2) is 9.50 Å². The average molecular weight is 412 g/mol. The topological polar surface area (TPSA) is 45.9 Å². The molecule has 0 aliphatic carbocycles. The van der Waals surface area contributed by atoms with Gasteiger partial charge in [0.15, 0.2) is 11.5 Å². The molecular formula is C22H26ClN5O. The summed E-state index contributed by atoms with van der Waals surface area (Å²) in [6.07, 6.45) is 4.41. The summed E-state index contributed by atoms with van der Waals surface area (Å²) in [6.45, 7) is 6.43. The van der Waals surface area contributed by atoms with Crippen LogP contribution in [-0.2, 0) is 11.3 Å². The number of rotatable bonds is 4. The number of likely N-dealkylation sites (tertiary alicyclic amines) is 1. The molecule has 29 heavy (non-hydrogen) atoms. The number of piperidine rings is 1. The smallest absolute Gasteiger partial charge is 0.156 e. The van der Waals surface area contributed by atoms with Crippen molar-refractivity contribution in [2.75, 3.05) is 44.3 Å². The van der Waals surface area contributed by atoms with Crippen molar-refractivity contribution in [3.63, 3.8) is 0 Å². The summed E-state index contributed by atoms with van der Waals surface area (Å²) in [5.41, 5.74) is 3.36. The highest BCUT2D eigenvalue weighted by Crippen LogP contribution is 2.27. The number of benzene rings is 1. The fraction of sp³-hybridized carbons (Fsp3) is 0.455. The zero-order valence-corrected chi connectivity index (χ0v) is 17.3. The SMILES string of the molecule is Clc1cccc(CN2CCCC(c3nc4ccc(N5CCOCC5)cn4n3)C2)c1. The van der Waals surface area contributed by atoms with Crippen LogP contribution in [0.15, 0.2) is 42.6 Å². The largest absolute Gasteiger partial charge is 0.378 e. The number of morpholine rings is 1. The summed E-state index contributed by atoms with van der Waals surface area (Å²) < 4.78 is 7.40. The summed E-state index contributed by atoms with van der Waals surface area (Å²) in [4.78, 5) is 9.67. The maximum Gasteiger partial charge on any atom is 0.156 e. The first-order valence-corrected chi connectivity index (χ1v) is 10.8. The van der Waals surface area contributed by atoms with Gasteiger partial charge in [-0.15, -0.1) is 0 Å². The highest BCUT2D eigenvalue weighted by Gasteiger charge is 2.25. The third kappa shape index (κ3) is 4.25. The van der Waals surface area contributed by atoms with E-state index < -0.39 is 0 Å². The van der Waals surface area contributed by atoms with Gasteiger partial charge in [0, 0.05) is 37.1 Å². The first-order chi connectivity index (χ1) is 14.2. The van der Waals surface area contributed by atoms with E-state index in [1.165, 1.54) is 17.7 Å². The maximum absolute atomic E-state index is 6.15. The highest BCUT2D eigenvalue weighted by atomic mass is 35.5. The minimum absolute atomic E-state index is 0.370. The molecule has 2 aromatic heterocycles. The third-order valence-electron chi connectivity index (χ3n) is 5.87. The van der Waals surface area contributed by atoms with E-state index in [1.807, 2.05) is 16.6 Å². The average Bonchev–Trinajstić information content (AvgIpc) is 3.18. The number of fused-ring (bicyclic) bond motifs is 1. The summed E-state index contributed by atoms with van der Waals surface area (Å²) in [5.74, 6) is 1.33. The number of nitrogens with zero attached hydrogens (tertiary/aromatic N) is 5. The van der Waals surface area contributed by atoms with E-state index >= 15 is 0 Å². The van der Waals surface area contributed by atoms with Gasteiger partial charge in [-0.1, -0.05) is 23.7 Å². The Morgan fingerprint density at radius 2 is 2.00 bits per heavy atom. The van der Waals surface area contributed by atoms with Crippen LogP contribution in [0.25, 0.3) is 5.65 Å². The van der Waals surface area contributed by atoms with Crippen LogP contribution in [-0.4, -0.2) is 58.9 Å². The summed E-state index contributed by atoms with van der Waals surface area (Å²) in [7, 11) is 0. The normalized spacial score (nSPS) is 21.0. The molecule has 0 N–H and O–H groups in total. The van der Waals surface area contributed by atoms with E-state index in [4.69, 9.17) is 26.4 Å². The molecule has 0 radical (unpaired) electrons. The van der Waals surface area contributed by atoms with Crippen molar-refractivity contribution in [3.8, 4) is 0 Å². The Morgan fingerprint density at radius 1 is 1.10 bits per heavy atom. The molecule has 5 rings (SSSR count). The lowest BCUT2D eigenvalue weighted by atomic mass is 9.97. The zero-order chi connectivity index (χ0) is 19.6. The van der Waals surface area contributed by atoms with Gasteiger partial charge in [-0.2, -0.15) is 5.10 Å². The van der Waals surface area contributed by atoms with Gasteiger partial charge < -0.3 is 9.64 Å².